The highest BCUT2D eigenvalue weighted by molar-refractivity contribution is 7.20. The molecule has 1 unspecified atom stereocenters. The Kier molecular flexibility index (Phi) is 4.90. The van der Waals surface area contributed by atoms with Gasteiger partial charge in [-0.25, -0.2) is 0 Å². The zero-order valence-corrected chi connectivity index (χ0v) is 16.2. The topological polar surface area (TPSA) is 74.1 Å². The van der Waals surface area contributed by atoms with E-state index in [0.29, 0.717) is 37.6 Å². The predicted molar refractivity (Wildman–Crippen MR) is 102 cm³/mol. The van der Waals surface area contributed by atoms with Gasteiger partial charge in [-0.2, -0.15) is 0 Å². The van der Waals surface area contributed by atoms with E-state index in [4.69, 9.17) is 4.42 Å². The maximum atomic E-state index is 12.7. The third kappa shape index (κ3) is 3.34. The van der Waals surface area contributed by atoms with E-state index < -0.39 is 11.8 Å². The third-order valence-corrected chi connectivity index (χ3v) is 6.57. The van der Waals surface area contributed by atoms with Crippen LogP contribution in [0.4, 0.5) is 0 Å². The number of thiophene rings is 1. The van der Waals surface area contributed by atoms with Gasteiger partial charge in [0.2, 0.25) is 0 Å². The molecular formula is C19H23N3O4S. The molecule has 0 aliphatic carbocycles. The van der Waals surface area contributed by atoms with Crippen LogP contribution in [0.25, 0.3) is 10.3 Å². The van der Waals surface area contributed by atoms with Crippen LogP contribution in [0.2, 0.25) is 0 Å². The van der Waals surface area contributed by atoms with Crippen molar-refractivity contribution in [3.63, 3.8) is 0 Å². The van der Waals surface area contributed by atoms with Crippen molar-refractivity contribution in [3.8, 4) is 0 Å². The molecule has 0 bridgehead atoms. The summed E-state index contributed by atoms with van der Waals surface area (Å²) in [5, 5.41) is 0. The highest BCUT2D eigenvalue weighted by Crippen LogP contribution is 2.27. The Hall–Kier alpha value is -2.35. The molecule has 7 nitrogen and oxygen atoms in total. The first kappa shape index (κ1) is 18.0. The first-order valence-corrected chi connectivity index (χ1v) is 10.3. The first-order chi connectivity index (χ1) is 13.1. The average molecular weight is 389 g/mol. The Balaban J connectivity index is 1.35. The molecule has 0 N–H and O–H groups in total. The Morgan fingerprint density at radius 1 is 1.11 bits per heavy atom. The minimum Gasteiger partial charge on any atom is -0.463 e. The molecule has 0 saturated carbocycles. The van der Waals surface area contributed by atoms with Gasteiger partial charge in [0.05, 0.1) is 15.8 Å². The van der Waals surface area contributed by atoms with Crippen LogP contribution in [0.15, 0.2) is 22.8 Å². The lowest BCUT2D eigenvalue weighted by Gasteiger charge is -2.35. The quantitative estimate of drug-likeness (QED) is 0.738. The van der Waals surface area contributed by atoms with Crippen molar-refractivity contribution in [2.24, 2.45) is 0 Å². The van der Waals surface area contributed by atoms with E-state index in [2.05, 4.69) is 0 Å². The summed E-state index contributed by atoms with van der Waals surface area (Å²) in [5.41, 5.74) is 0.721. The van der Waals surface area contributed by atoms with Gasteiger partial charge in [-0.1, -0.05) is 6.92 Å². The molecule has 4 heterocycles. The molecule has 8 heteroatoms. The van der Waals surface area contributed by atoms with E-state index in [1.54, 1.807) is 27.0 Å². The SMILES string of the molecule is CCC1CCCN1C(=O)C(=O)N1CCN(C(=O)c2cc3occc3s2)CC1. The molecule has 4 rings (SSSR count). The molecule has 0 spiro atoms. The average Bonchev–Trinajstić information content (AvgIpc) is 3.41. The minimum atomic E-state index is -0.434. The molecule has 0 aromatic carbocycles. The van der Waals surface area contributed by atoms with E-state index in [0.717, 1.165) is 29.5 Å². The molecule has 2 saturated heterocycles. The van der Waals surface area contributed by atoms with E-state index in [9.17, 15) is 14.4 Å². The smallest absolute Gasteiger partial charge is 0.312 e. The fraction of sp³-hybridized carbons (Fsp3) is 0.526. The third-order valence-electron chi connectivity index (χ3n) is 5.50. The Bertz CT molecular complexity index is 837. The summed E-state index contributed by atoms with van der Waals surface area (Å²) in [6, 6.07) is 3.80. The van der Waals surface area contributed by atoms with Gasteiger partial charge in [-0.05, 0) is 25.3 Å². The molecule has 2 aromatic heterocycles. The fourth-order valence-electron chi connectivity index (χ4n) is 3.93. The summed E-state index contributed by atoms with van der Waals surface area (Å²) in [6.45, 7) is 4.38. The summed E-state index contributed by atoms with van der Waals surface area (Å²) in [7, 11) is 0. The van der Waals surface area contributed by atoms with Crippen molar-refractivity contribution in [3.05, 3.63) is 23.3 Å². The van der Waals surface area contributed by atoms with Crippen molar-refractivity contribution in [1.82, 2.24) is 14.7 Å². The second-order valence-corrected chi connectivity index (χ2v) is 8.13. The van der Waals surface area contributed by atoms with Crippen LogP contribution >= 0.6 is 11.3 Å². The molecule has 2 aromatic rings. The van der Waals surface area contributed by atoms with Crippen LogP contribution in [0, 0.1) is 0 Å². The van der Waals surface area contributed by atoms with Crippen LogP contribution in [0.1, 0.15) is 35.9 Å². The number of amides is 3. The first-order valence-electron chi connectivity index (χ1n) is 9.44. The standard InChI is InChI=1S/C19H23N3O4S/c1-2-13-4-3-6-22(13)19(25)18(24)21-9-7-20(8-10-21)17(23)16-12-14-15(27-16)5-11-26-14/h5,11-13H,2-4,6-10H2,1H3. The Morgan fingerprint density at radius 3 is 2.56 bits per heavy atom. The van der Waals surface area contributed by atoms with Crippen molar-refractivity contribution < 1.29 is 18.8 Å². The van der Waals surface area contributed by atoms with Crippen LogP contribution in [-0.2, 0) is 9.59 Å². The summed E-state index contributed by atoms with van der Waals surface area (Å²) in [5.74, 6) is -0.871. The molecule has 144 valence electrons. The summed E-state index contributed by atoms with van der Waals surface area (Å²) in [6.07, 6.45) is 4.43. The van der Waals surface area contributed by atoms with Gasteiger partial charge in [0.25, 0.3) is 5.91 Å². The number of fused-ring (bicyclic) bond motifs is 1. The number of furan rings is 1. The number of hydrogen-bond donors (Lipinski definition) is 0. The lowest BCUT2D eigenvalue weighted by molar-refractivity contribution is -0.153. The molecule has 3 amide bonds. The number of nitrogens with zero attached hydrogens (tertiary/aromatic N) is 3. The van der Waals surface area contributed by atoms with Gasteiger partial charge >= 0.3 is 11.8 Å². The summed E-state index contributed by atoms with van der Waals surface area (Å²) < 4.78 is 6.27. The summed E-state index contributed by atoms with van der Waals surface area (Å²) in [4.78, 5) is 43.5. The van der Waals surface area contributed by atoms with Gasteiger partial charge in [-0.15, -0.1) is 11.3 Å². The highest BCUT2D eigenvalue weighted by Gasteiger charge is 2.35. The largest absolute Gasteiger partial charge is 0.463 e. The van der Waals surface area contributed by atoms with Crippen molar-refractivity contribution in [2.45, 2.75) is 32.2 Å². The van der Waals surface area contributed by atoms with Gasteiger partial charge in [0.15, 0.2) is 0 Å². The molecule has 2 aliphatic heterocycles. The second-order valence-electron chi connectivity index (χ2n) is 7.05. The highest BCUT2D eigenvalue weighted by atomic mass is 32.1. The van der Waals surface area contributed by atoms with Gasteiger partial charge in [0, 0.05) is 44.8 Å². The van der Waals surface area contributed by atoms with Crippen LogP contribution < -0.4 is 0 Å². The molecule has 1 atom stereocenters. The number of piperazine rings is 1. The maximum absolute atomic E-state index is 12.7. The second kappa shape index (κ2) is 7.34. The Morgan fingerprint density at radius 2 is 1.85 bits per heavy atom. The minimum absolute atomic E-state index is 0.0459. The van der Waals surface area contributed by atoms with E-state index in [-0.39, 0.29) is 11.9 Å². The number of carbonyl (C=O) groups excluding carboxylic acids is 3. The predicted octanol–water partition coefficient (Wildman–Crippen LogP) is 2.18. The van der Waals surface area contributed by atoms with E-state index in [1.807, 2.05) is 13.0 Å². The van der Waals surface area contributed by atoms with Crippen molar-refractivity contribution >= 4 is 39.3 Å². The van der Waals surface area contributed by atoms with Crippen LogP contribution in [0.5, 0.6) is 0 Å². The van der Waals surface area contributed by atoms with E-state index in [1.165, 1.54) is 11.3 Å². The van der Waals surface area contributed by atoms with Crippen molar-refractivity contribution in [1.29, 1.82) is 0 Å². The number of hydrogen-bond acceptors (Lipinski definition) is 5. The summed E-state index contributed by atoms with van der Waals surface area (Å²) >= 11 is 1.41. The van der Waals surface area contributed by atoms with Gasteiger partial charge < -0.3 is 19.1 Å². The zero-order valence-electron chi connectivity index (χ0n) is 15.3. The molecule has 27 heavy (non-hydrogen) atoms. The molecular weight excluding hydrogens is 366 g/mol. The maximum Gasteiger partial charge on any atom is 0.312 e. The lowest BCUT2D eigenvalue weighted by Crippen LogP contribution is -2.54. The van der Waals surface area contributed by atoms with Gasteiger partial charge in [0.1, 0.15) is 5.58 Å². The zero-order chi connectivity index (χ0) is 19.0. The molecule has 2 aliphatic rings. The fourth-order valence-corrected chi connectivity index (χ4v) is 4.88. The van der Waals surface area contributed by atoms with Crippen LogP contribution in [0.3, 0.4) is 0 Å². The monoisotopic (exact) mass is 389 g/mol. The number of likely N-dealkylation sites (tertiary alicyclic amines) is 1. The van der Waals surface area contributed by atoms with Crippen molar-refractivity contribution in [2.75, 3.05) is 32.7 Å². The van der Waals surface area contributed by atoms with Crippen LogP contribution in [-0.4, -0.2) is 71.2 Å². The lowest BCUT2D eigenvalue weighted by atomic mass is 10.1. The number of carbonyl (C=O) groups is 3. The van der Waals surface area contributed by atoms with E-state index >= 15 is 0 Å². The normalized spacial score (nSPS) is 20.5. The van der Waals surface area contributed by atoms with Gasteiger partial charge in [-0.3, -0.25) is 14.4 Å². The number of rotatable bonds is 2. The molecule has 0 radical (unpaired) electrons. The Labute approximate surface area is 161 Å². The molecule has 2 fully saturated rings.